The molecule has 0 saturated carbocycles. The fraction of sp³-hybridized carbons (Fsp3) is 0.250. The van der Waals surface area contributed by atoms with Crippen LogP contribution >= 0.6 is 23.1 Å². The normalized spacial score (nSPS) is 11.1. The summed E-state index contributed by atoms with van der Waals surface area (Å²) in [6.45, 7) is 4.14. The number of fused-ring (bicyclic) bond motifs is 1. The smallest absolute Gasteiger partial charge is 0.340 e. The van der Waals surface area contributed by atoms with Crippen molar-refractivity contribution >= 4 is 40.0 Å². The first kappa shape index (κ1) is 15.1. The Kier molecular flexibility index (Phi) is 3.93. The van der Waals surface area contributed by atoms with Crippen LogP contribution in [0.15, 0.2) is 24.4 Å². The van der Waals surface area contributed by atoms with Crippen LogP contribution in [0.5, 0.6) is 0 Å². The maximum absolute atomic E-state index is 12.4. The van der Waals surface area contributed by atoms with E-state index in [1.165, 1.54) is 11.5 Å². The van der Waals surface area contributed by atoms with Crippen molar-refractivity contribution in [2.75, 3.05) is 0 Å². The van der Waals surface area contributed by atoms with Crippen LogP contribution < -0.4 is 0 Å². The van der Waals surface area contributed by atoms with Crippen molar-refractivity contribution in [1.29, 1.82) is 0 Å². The van der Waals surface area contributed by atoms with Gasteiger partial charge in [-0.1, -0.05) is 23.7 Å². The van der Waals surface area contributed by atoms with Crippen LogP contribution in [0.2, 0.25) is 5.02 Å². The number of halogens is 1. The molecule has 3 aromatic rings. The lowest BCUT2D eigenvalue weighted by atomic mass is 10.2. The maximum atomic E-state index is 12.4. The number of esters is 1. The molecule has 0 aliphatic heterocycles. The van der Waals surface area contributed by atoms with E-state index in [0.717, 1.165) is 27.0 Å². The molecule has 0 spiro atoms. The number of ether oxygens (including phenoxy) is 1. The zero-order chi connectivity index (χ0) is 15.9. The van der Waals surface area contributed by atoms with E-state index >= 15 is 0 Å². The van der Waals surface area contributed by atoms with Crippen molar-refractivity contribution in [2.45, 2.75) is 20.5 Å². The molecule has 6 heteroatoms. The first-order valence-electron chi connectivity index (χ1n) is 6.81. The van der Waals surface area contributed by atoms with Crippen LogP contribution in [-0.4, -0.2) is 14.9 Å². The number of rotatable bonds is 3. The molecule has 0 amide bonds. The Morgan fingerprint density at radius 2 is 2.18 bits per heavy atom. The van der Waals surface area contributed by atoms with Crippen molar-refractivity contribution in [3.8, 4) is 0 Å². The van der Waals surface area contributed by atoms with Gasteiger partial charge in [0.25, 0.3) is 0 Å². The summed E-state index contributed by atoms with van der Waals surface area (Å²) in [5.74, 6) is -0.349. The van der Waals surface area contributed by atoms with Gasteiger partial charge in [-0.2, -0.15) is 4.37 Å². The zero-order valence-corrected chi connectivity index (χ0v) is 14.1. The molecule has 1 aromatic carbocycles. The highest BCUT2D eigenvalue weighted by Crippen LogP contribution is 2.28. The van der Waals surface area contributed by atoms with E-state index in [0.29, 0.717) is 10.6 Å². The Bertz CT molecular complexity index is 847. The van der Waals surface area contributed by atoms with Gasteiger partial charge in [0.1, 0.15) is 6.61 Å². The maximum Gasteiger partial charge on any atom is 0.340 e. The molecule has 0 atom stereocenters. The molecule has 0 fully saturated rings. The van der Waals surface area contributed by atoms with Gasteiger partial charge in [0, 0.05) is 29.1 Å². The molecule has 0 bridgehead atoms. The highest BCUT2D eigenvalue weighted by atomic mass is 35.5. The van der Waals surface area contributed by atoms with Gasteiger partial charge >= 0.3 is 5.97 Å². The largest absolute Gasteiger partial charge is 0.457 e. The second-order valence-electron chi connectivity index (χ2n) is 5.17. The van der Waals surface area contributed by atoms with E-state index in [-0.39, 0.29) is 12.6 Å². The number of nitrogens with zero attached hydrogens (tertiary/aromatic N) is 2. The first-order valence-corrected chi connectivity index (χ1v) is 7.96. The van der Waals surface area contributed by atoms with Gasteiger partial charge in [0.15, 0.2) is 0 Å². The summed E-state index contributed by atoms with van der Waals surface area (Å²) >= 11 is 7.62. The lowest BCUT2D eigenvalue weighted by Crippen LogP contribution is -2.05. The average Bonchev–Trinajstić information content (AvgIpc) is 2.99. The summed E-state index contributed by atoms with van der Waals surface area (Å²) in [5, 5.41) is 1.42. The number of benzene rings is 1. The summed E-state index contributed by atoms with van der Waals surface area (Å²) in [6.07, 6.45) is 1.75. The molecular weight excluding hydrogens is 320 g/mol. The van der Waals surface area contributed by atoms with Crippen LogP contribution in [0.3, 0.4) is 0 Å². The van der Waals surface area contributed by atoms with Gasteiger partial charge in [-0.3, -0.25) is 0 Å². The number of carbonyl (C=O) groups is 1. The molecular formula is C16H15ClN2O2S. The first-order chi connectivity index (χ1) is 10.5. The molecule has 0 saturated heterocycles. The lowest BCUT2D eigenvalue weighted by Gasteiger charge is -2.04. The summed E-state index contributed by atoms with van der Waals surface area (Å²) < 4.78 is 11.6. The standard InChI is InChI=1S/C16H15ClN2O2S/c1-9-13(10(2)22-18-9)8-21-16(20)12-7-19(3)15-11(12)5-4-6-14(15)17/h4-7H,8H2,1-3H3. The molecule has 0 aliphatic carbocycles. The van der Waals surface area contributed by atoms with Gasteiger partial charge < -0.3 is 9.30 Å². The summed E-state index contributed by atoms with van der Waals surface area (Å²) in [4.78, 5) is 13.5. The molecule has 0 N–H and O–H groups in total. The Balaban J connectivity index is 1.89. The minimum absolute atomic E-state index is 0.240. The highest BCUT2D eigenvalue weighted by molar-refractivity contribution is 7.05. The molecule has 0 unspecified atom stereocenters. The summed E-state index contributed by atoms with van der Waals surface area (Å²) in [6, 6.07) is 5.52. The van der Waals surface area contributed by atoms with Crippen LogP contribution in [0.4, 0.5) is 0 Å². The lowest BCUT2D eigenvalue weighted by molar-refractivity contribution is 0.0474. The molecule has 114 valence electrons. The molecule has 2 heterocycles. The average molecular weight is 335 g/mol. The van der Waals surface area contributed by atoms with Crippen LogP contribution in [0, 0.1) is 13.8 Å². The van der Waals surface area contributed by atoms with Crippen molar-refractivity contribution in [2.24, 2.45) is 7.05 Å². The van der Waals surface area contributed by atoms with Crippen molar-refractivity contribution < 1.29 is 9.53 Å². The number of aryl methyl sites for hydroxylation is 3. The van der Waals surface area contributed by atoms with E-state index in [1.54, 1.807) is 6.20 Å². The second kappa shape index (κ2) is 5.74. The summed E-state index contributed by atoms with van der Waals surface area (Å²) in [7, 11) is 1.86. The minimum atomic E-state index is -0.349. The van der Waals surface area contributed by atoms with Gasteiger partial charge in [-0.05, 0) is 31.4 Å². The monoisotopic (exact) mass is 334 g/mol. The Morgan fingerprint density at radius 3 is 2.86 bits per heavy atom. The molecule has 0 radical (unpaired) electrons. The van der Waals surface area contributed by atoms with Gasteiger partial charge in [-0.25, -0.2) is 4.79 Å². The van der Waals surface area contributed by atoms with Gasteiger partial charge in [-0.15, -0.1) is 0 Å². The SMILES string of the molecule is Cc1nsc(C)c1COC(=O)c1cn(C)c2c(Cl)cccc12. The summed E-state index contributed by atoms with van der Waals surface area (Å²) in [5.41, 5.74) is 3.26. The quantitative estimate of drug-likeness (QED) is 0.672. The van der Waals surface area contributed by atoms with Crippen LogP contribution in [0.25, 0.3) is 10.9 Å². The highest BCUT2D eigenvalue weighted by Gasteiger charge is 2.18. The molecule has 0 aliphatic rings. The van der Waals surface area contributed by atoms with Crippen molar-refractivity contribution in [1.82, 2.24) is 8.94 Å². The number of para-hydroxylation sites is 1. The molecule has 3 rings (SSSR count). The van der Waals surface area contributed by atoms with E-state index in [9.17, 15) is 4.79 Å². The van der Waals surface area contributed by atoms with E-state index in [1.807, 2.05) is 43.7 Å². The third-order valence-corrected chi connectivity index (χ3v) is 4.89. The molecule has 2 aromatic heterocycles. The third-order valence-electron chi connectivity index (χ3n) is 3.70. The predicted octanol–water partition coefficient (Wildman–Crippen LogP) is 4.26. The Labute approximate surface area is 137 Å². The molecule has 22 heavy (non-hydrogen) atoms. The number of hydrogen-bond donors (Lipinski definition) is 0. The Morgan fingerprint density at radius 1 is 1.41 bits per heavy atom. The van der Waals surface area contributed by atoms with E-state index < -0.39 is 0 Å². The number of hydrogen-bond acceptors (Lipinski definition) is 4. The van der Waals surface area contributed by atoms with Crippen molar-refractivity contribution in [3.05, 3.63) is 51.1 Å². The minimum Gasteiger partial charge on any atom is -0.457 e. The number of aromatic nitrogens is 2. The number of carbonyl (C=O) groups excluding carboxylic acids is 1. The van der Waals surface area contributed by atoms with Crippen molar-refractivity contribution in [3.63, 3.8) is 0 Å². The predicted molar refractivity (Wildman–Crippen MR) is 88.6 cm³/mol. The zero-order valence-electron chi connectivity index (χ0n) is 12.5. The topological polar surface area (TPSA) is 44.1 Å². The fourth-order valence-electron chi connectivity index (χ4n) is 2.50. The second-order valence-corrected chi connectivity index (χ2v) is 6.55. The van der Waals surface area contributed by atoms with Gasteiger partial charge in [0.2, 0.25) is 0 Å². The van der Waals surface area contributed by atoms with Crippen LogP contribution in [-0.2, 0) is 18.4 Å². The van der Waals surface area contributed by atoms with E-state index in [4.69, 9.17) is 16.3 Å². The van der Waals surface area contributed by atoms with Gasteiger partial charge in [0.05, 0.1) is 21.8 Å². The Hall–Kier alpha value is -1.85. The van der Waals surface area contributed by atoms with E-state index in [2.05, 4.69) is 4.37 Å². The third kappa shape index (κ3) is 2.51. The van der Waals surface area contributed by atoms with Crippen LogP contribution in [0.1, 0.15) is 26.5 Å². The molecule has 4 nitrogen and oxygen atoms in total. The fourth-order valence-corrected chi connectivity index (χ4v) is 3.51.